The minimum atomic E-state index is -0.543. The molecule has 37 heavy (non-hydrogen) atoms. The summed E-state index contributed by atoms with van der Waals surface area (Å²) in [5, 5.41) is 4.12. The van der Waals surface area contributed by atoms with Crippen molar-refractivity contribution < 1.29 is 14.3 Å². The molecule has 0 bridgehead atoms. The van der Waals surface area contributed by atoms with Crippen LogP contribution >= 0.6 is 11.6 Å². The van der Waals surface area contributed by atoms with E-state index in [0.717, 1.165) is 5.69 Å². The summed E-state index contributed by atoms with van der Waals surface area (Å²) in [6.07, 6.45) is 2.72. The quantitative estimate of drug-likeness (QED) is 0.509. The lowest BCUT2D eigenvalue weighted by Gasteiger charge is -2.34. The zero-order valence-electron chi connectivity index (χ0n) is 21.7. The minimum absolute atomic E-state index is 0.0617. The number of pyridine rings is 1. The maximum absolute atomic E-state index is 13.3. The molecule has 8 nitrogen and oxygen atoms in total. The molecule has 1 saturated heterocycles. The number of para-hydroxylation sites is 1. The number of fused-ring (bicyclic) bond motifs is 1. The summed E-state index contributed by atoms with van der Waals surface area (Å²) in [5.74, 6) is 0. The number of aromatic nitrogens is 1. The number of likely N-dealkylation sites (tertiary alicyclic amines) is 1. The number of nitrogens with one attached hydrogen (secondary N) is 1. The Balaban J connectivity index is 1.46. The highest BCUT2D eigenvalue weighted by atomic mass is 35.5. The Bertz CT molecular complexity index is 1340. The van der Waals surface area contributed by atoms with Crippen LogP contribution in [0.15, 0.2) is 59.5 Å². The molecular weight excluding hydrogens is 492 g/mol. The predicted molar refractivity (Wildman–Crippen MR) is 145 cm³/mol. The Kier molecular flexibility index (Phi) is 7.78. The fourth-order valence-corrected chi connectivity index (χ4v) is 4.58. The molecule has 0 spiro atoms. The van der Waals surface area contributed by atoms with E-state index in [1.54, 1.807) is 36.3 Å². The lowest BCUT2D eigenvalue weighted by Crippen LogP contribution is -2.50. The summed E-state index contributed by atoms with van der Waals surface area (Å²) in [5.41, 5.74) is 1.41. The van der Waals surface area contributed by atoms with Crippen LogP contribution in [-0.4, -0.2) is 58.3 Å². The van der Waals surface area contributed by atoms with Crippen LogP contribution in [0.5, 0.6) is 0 Å². The van der Waals surface area contributed by atoms with Crippen LogP contribution in [0.2, 0.25) is 5.02 Å². The van der Waals surface area contributed by atoms with Gasteiger partial charge in [0.2, 0.25) is 0 Å². The van der Waals surface area contributed by atoms with Crippen molar-refractivity contribution in [2.45, 2.75) is 51.8 Å². The van der Waals surface area contributed by atoms with Gasteiger partial charge in [-0.3, -0.25) is 4.79 Å². The highest BCUT2D eigenvalue weighted by molar-refractivity contribution is 6.31. The van der Waals surface area contributed by atoms with Gasteiger partial charge in [-0.25, -0.2) is 9.59 Å². The monoisotopic (exact) mass is 524 g/mol. The van der Waals surface area contributed by atoms with Crippen molar-refractivity contribution in [1.82, 2.24) is 19.7 Å². The third-order valence-corrected chi connectivity index (χ3v) is 6.54. The van der Waals surface area contributed by atoms with Crippen LogP contribution in [0.1, 0.15) is 39.2 Å². The van der Waals surface area contributed by atoms with Crippen molar-refractivity contribution in [3.05, 3.63) is 75.5 Å². The smallest absolute Gasteiger partial charge is 0.410 e. The summed E-state index contributed by atoms with van der Waals surface area (Å²) in [6, 6.07) is 14.6. The van der Waals surface area contributed by atoms with E-state index >= 15 is 0 Å². The molecule has 3 amide bonds. The fraction of sp³-hybridized carbons (Fsp3) is 0.393. The summed E-state index contributed by atoms with van der Waals surface area (Å²) in [7, 11) is 1.67. The summed E-state index contributed by atoms with van der Waals surface area (Å²) < 4.78 is 7.37. The highest BCUT2D eigenvalue weighted by Gasteiger charge is 2.28. The average Bonchev–Trinajstić information content (AvgIpc) is 2.85. The second-order valence-corrected chi connectivity index (χ2v) is 10.8. The van der Waals surface area contributed by atoms with E-state index < -0.39 is 5.60 Å². The van der Waals surface area contributed by atoms with Gasteiger partial charge in [0.25, 0.3) is 0 Å². The first-order chi connectivity index (χ1) is 17.5. The SMILES string of the molecule is CN(Cc1cn(-c2ccccc2)c2cc(Cl)ccc2c1=O)C(=O)NC1CCN(C(=O)OC(C)(C)C)CC1. The van der Waals surface area contributed by atoms with Crippen molar-refractivity contribution in [2.75, 3.05) is 20.1 Å². The Morgan fingerprint density at radius 2 is 1.78 bits per heavy atom. The van der Waals surface area contributed by atoms with E-state index in [1.807, 2.05) is 55.7 Å². The molecule has 1 N–H and O–H groups in total. The molecule has 2 heterocycles. The lowest BCUT2D eigenvalue weighted by atomic mass is 10.1. The number of urea groups is 1. The van der Waals surface area contributed by atoms with Gasteiger partial charge in [-0.2, -0.15) is 0 Å². The zero-order valence-corrected chi connectivity index (χ0v) is 22.4. The van der Waals surface area contributed by atoms with Gasteiger partial charge in [0.1, 0.15) is 5.60 Å². The molecule has 4 rings (SSSR count). The standard InChI is InChI=1S/C28H33ClN4O4/c1-28(2,3)37-27(36)32-14-12-21(13-15-32)30-26(35)31(4)17-19-18-33(22-8-6-5-7-9-22)24-16-20(29)10-11-23(24)25(19)34/h5-11,16,18,21H,12-15,17H2,1-4H3,(H,30,35). The topological polar surface area (TPSA) is 83.9 Å². The first-order valence-corrected chi connectivity index (χ1v) is 12.8. The molecule has 1 aromatic heterocycles. The maximum atomic E-state index is 13.3. The first kappa shape index (κ1) is 26.5. The third kappa shape index (κ3) is 6.43. The largest absolute Gasteiger partial charge is 0.444 e. The third-order valence-electron chi connectivity index (χ3n) is 6.30. The number of ether oxygens (including phenoxy) is 1. The summed E-state index contributed by atoms with van der Waals surface area (Å²) in [4.78, 5) is 41.8. The predicted octanol–water partition coefficient (Wildman–Crippen LogP) is 5.19. The van der Waals surface area contributed by atoms with E-state index in [4.69, 9.17) is 16.3 Å². The molecule has 2 aromatic carbocycles. The number of halogens is 1. The zero-order chi connectivity index (χ0) is 26.7. The number of benzene rings is 2. The molecular formula is C28H33ClN4O4. The van der Waals surface area contributed by atoms with Crippen LogP contribution in [-0.2, 0) is 11.3 Å². The van der Waals surface area contributed by atoms with Crippen LogP contribution in [0, 0.1) is 0 Å². The number of hydrogen-bond acceptors (Lipinski definition) is 4. The van der Waals surface area contributed by atoms with Gasteiger partial charge in [-0.15, -0.1) is 0 Å². The second kappa shape index (κ2) is 10.8. The van der Waals surface area contributed by atoms with E-state index in [0.29, 0.717) is 47.4 Å². The van der Waals surface area contributed by atoms with Crippen LogP contribution < -0.4 is 10.7 Å². The summed E-state index contributed by atoms with van der Waals surface area (Å²) >= 11 is 6.24. The van der Waals surface area contributed by atoms with E-state index in [1.165, 1.54) is 4.90 Å². The Hall–Kier alpha value is -3.52. The van der Waals surface area contributed by atoms with Crippen LogP contribution in [0.4, 0.5) is 9.59 Å². The van der Waals surface area contributed by atoms with Crippen molar-refractivity contribution in [3.63, 3.8) is 0 Å². The number of piperidine rings is 1. The normalized spacial score (nSPS) is 14.5. The van der Waals surface area contributed by atoms with Gasteiger partial charge in [0, 0.05) is 54.0 Å². The Labute approximate surface area is 221 Å². The molecule has 1 aliphatic heterocycles. The molecule has 9 heteroatoms. The van der Waals surface area contributed by atoms with E-state index in [9.17, 15) is 14.4 Å². The summed E-state index contributed by atoms with van der Waals surface area (Å²) in [6.45, 7) is 6.69. The first-order valence-electron chi connectivity index (χ1n) is 12.4. The van der Waals surface area contributed by atoms with Gasteiger partial charge in [-0.05, 0) is 63.9 Å². The molecule has 1 aliphatic rings. The molecule has 3 aromatic rings. The molecule has 0 radical (unpaired) electrons. The molecule has 0 unspecified atom stereocenters. The van der Waals surface area contributed by atoms with Crippen LogP contribution in [0.3, 0.4) is 0 Å². The minimum Gasteiger partial charge on any atom is -0.444 e. The Morgan fingerprint density at radius 3 is 2.43 bits per heavy atom. The molecule has 196 valence electrons. The second-order valence-electron chi connectivity index (χ2n) is 10.4. The number of carbonyl (C=O) groups is 2. The number of carbonyl (C=O) groups excluding carboxylic acids is 2. The van der Waals surface area contributed by atoms with Gasteiger partial charge < -0.3 is 24.4 Å². The fourth-order valence-electron chi connectivity index (χ4n) is 4.41. The molecule has 1 fully saturated rings. The number of nitrogens with zero attached hydrogens (tertiary/aromatic N) is 3. The van der Waals surface area contributed by atoms with Crippen LogP contribution in [0.25, 0.3) is 16.6 Å². The Morgan fingerprint density at radius 1 is 1.11 bits per heavy atom. The highest BCUT2D eigenvalue weighted by Crippen LogP contribution is 2.22. The van der Waals surface area contributed by atoms with E-state index in [2.05, 4.69) is 5.32 Å². The van der Waals surface area contributed by atoms with E-state index in [-0.39, 0.29) is 30.1 Å². The molecule has 0 saturated carbocycles. The van der Waals surface area contributed by atoms with Crippen molar-refractivity contribution >= 4 is 34.6 Å². The van der Waals surface area contributed by atoms with Crippen molar-refractivity contribution in [2.24, 2.45) is 0 Å². The molecule has 0 atom stereocenters. The van der Waals surface area contributed by atoms with Gasteiger partial charge >= 0.3 is 12.1 Å². The van der Waals surface area contributed by atoms with Crippen molar-refractivity contribution in [1.29, 1.82) is 0 Å². The van der Waals surface area contributed by atoms with Crippen molar-refractivity contribution in [3.8, 4) is 5.69 Å². The molecule has 0 aliphatic carbocycles. The van der Waals surface area contributed by atoms with Gasteiger partial charge in [0.15, 0.2) is 5.43 Å². The average molecular weight is 525 g/mol. The maximum Gasteiger partial charge on any atom is 0.410 e. The number of rotatable bonds is 4. The van der Waals surface area contributed by atoms with Gasteiger partial charge in [0.05, 0.1) is 12.1 Å². The number of hydrogen-bond donors (Lipinski definition) is 1. The van der Waals surface area contributed by atoms with Gasteiger partial charge in [-0.1, -0.05) is 29.8 Å². The lowest BCUT2D eigenvalue weighted by molar-refractivity contribution is 0.0200. The number of amides is 3.